The summed E-state index contributed by atoms with van der Waals surface area (Å²) in [5.41, 5.74) is 9.05. The van der Waals surface area contributed by atoms with Crippen molar-refractivity contribution in [3.8, 4) is 0 Å². The number of carbonyl (C=O) groups excluding carboxylic acids is 1. The maximum Gasteiger partial charge on any atom is 0.337 e. The van der Waals surface area contributed by atoms with E-state index in [1.165, 1.54) is 12.7 Å². The van der Waals surface area contributed by atoms with Gasteiger partial charge in [0.25, 0.3) is 0 Å². The molecule has 110 valence electrons. The summed E-state index contributed by atoms with van der Waals surface area (Å²) in [4.78, 5) is 11.5. The number of benzene rings is 2. The van der Waals surface area contributed by atoms with Gasteiger partial charge in [0.1, 0.15) is 0 Å². The van der Waals surface area contributed by atoms with E-state index in [2.05, 4.69) is 24.4 Å². The number of nitrogen functional groups attached to an aromatic ring is 1. The van der Waals surface area contributed by atoms with Crippen LogP contribution < -0.4 is 11.1 Å². The van der Waals surface area contributed by atoms with Gasteiger partial charge in [0.2, 0.25) is 0 Å². The number of anilines is 2. The minimum absolute atomic E-state index is 0.340. The molecule has 0 radical (unpaired) electrons. The standard InChI is InChI=1S/C17H20N2O2/c1-12(13-6-4-3-5-7-13)11-19-16-10-14(17(20)21-2)8-9-15(16)18/h3-10,12,19H,11,18H2,1-2H3. The Morgan fingerprint density at radius 3 is 2.62 bits per heavy atom. The summed E-state index contributed by atoms with van der Waals surface area (Å²) in [5.74, 6) is -0.0264. The lowest BCUT2D eigenvalue weighted by molar-refractivity contribution is 0.0601. The summed E-state index contributed by atoms with van der Waals surface area (Å²) in [6.07, 6.45) is 0. The van der Waals surface area contributed by atoms with Crippen molar-refractivity contribution in [2.24, 2.45) is 0 Å². The van der Waals surface area contributed by atoms with E-state index in [1.54, 1.807) is 18.2 Å². The zero-order valence-corrected chi connectivity index (χ0v) is 12.3. The van der Waals surface area contributed by atoms with Gasteiger partial charge in [0.15, 0.2) is 0 Å². The molecule has 4 nitrogen and oxygen atoms in total. The van der Waals surface area contributed by atoms with Gasteiger partial charge in [-0.2, -0.15) is 0 Å². The second kappa shape index (κ2) is 6.79. The Bertz CT molecular complexity index is 611. The van der Waals surface area contributed by atoms with Gasteiger partial charge in [-0.15, -0.1) is 0 Å². The predicted octanol–water partition coefficient (Wildman–Crippen LogP) is 3.27. The number of rotatable bonds is 5. The third kappa shape index (κ3) is 3.75. The molecule has 0 bridgehead atoms. The Hall–Kier alpha value is -2.49. The first-order chi connectivity index (χ1) is 10.1. The molecule has 1 atom stereocenters. The number of carbonyl (C=O) groups is 1. The number of hydrogen-bond acceptors (Lipinski definition) is 4. The van der Waals surface area contributed by atoms with E-state index < -0.39 is 0 Å². The highest BCUT2D eigenvalue weighted by Crippen LogP contribution is 2.22. The molecule has 0 heterocycles. The average Bonchev–Trinajstić information content (AvgIpc) is 2.53. The molecule has 0 aliphatic rings. The van der Waals surface area contributed by atoms with Gasteiger partial charge >= 0.3 is 5.97 Å². The van der Waals surface area contributed by atoms with E-state index in [0.717, 1.165) is 12.2 Å². The van der Waals surface area contributed by atoms with Crippen LogP contribution in [0.15, 0.2) is 48.5 Å². The van der Waals surface area contributed by atoms with Crippen LogP contribution in [-0.4, -0.2) is 19.6 Å². The molecule has 0 saturated heterocycles. The van der Waals surface area contributed by atoms with Crippen molar-refractivity contribution in [3.63, 3.8) is 0 Å². The Balaban J connectivity index is 2.07. The highest BCUT2D eigenvalue weighted by atomic mass is 16.5. The van der Waals surface area contributed by atoms with Gasteiger partial charge < -0.3 is 15.8 Å². The van der Waals surface area contributed by atoms with Crippen molar-refractivity contribution in [3.05, 3.63) is 59.7 Å². The summed E-state index contributed by atoms with van der Waals surface area (Å²) in [6.45, 7) is 2.88. The molecule has 2 aromatic carbocycles. The molecule has 0 amide bonds. The molecule has 2 aromatic rings. The summed E-state index contributed by atoms with van der Waals surface area (Å²) >= 11 is 0. The van der Waals surface area contributed by atoms with E-state index in [-0.39, 0.29) is 5.97 Å². The third-order valence-corrected chi connectivity index (χ3v) is 3.44. The molecule has 0 aromatic heterocycles. The first kappa shape index (κ1) is 14.9. The number of hydrogen-bond donors (Lipinski definition) is 2. The second-order valence-corrected chi connectivity index (χ2v) is 4.99. The van der Waals surface area contributed by atoms with E-state index in [9.17, 15) is 4.79 Å². The molecule has 1 unspecified atom stereocenters. The number of esters is 1. The van der Waals surface area contributed by atoms with Gasteiger partial charge in [0.05, 0.1) is 24.0 Å². The third-order valence-electron chi connectivity index (χ3n) is 3.44. The lowest BCUT2D eigenvalue weighted by atomic mass is 10.0. The van der Waals surface area contributed by atoms with Crippen LogP contribution in [0.2, 0.25) is 0 Å². The minimum atomic E-state index is -0.367. The number of methoxy groups -OCH3 is 1. The smallest absolute Gasteiger partial charge is 0.337 e. The summed E-state index contributed by atoms with van der Waals surface area (Å²) in [7, 11) is 1.36. The first-order valence-electron chi connectivity index (χ1n) is 6.88. The number of nitrogens with two attached hydrogens (primary N) is 1. The molecule has 2 rings (SSSR count). The first-order valence-corrected chi connectivity index (χ1v) is 6.88. The largest absolute Gasteiger partial charge is 0.465 e. The fourth-order valence-corrected chi connectivity index (χ4v) is 2.12. The van der Waals surface area contributed by atoms with Crippen molar-refractivity contribution in [2.45, 2.75) is 12.8 Å². The zero-order chi connectivity index (χ0) is 15.2. The predicted molar refractivity (Wildman–Crippen MR) is 85.5 cm³/mol. The summed E-state index contributed by atoms with van der Waals surface area (Å²) in [6, 6.07) is 15.3. The van der Waals surface area contributed by atoms with Crippen LogP contribution in [-0.2, 0) is 4.74 Å². The van der Waals surface area contributed by atoms with Crippen molar-refractivity contribution in [2.75, 3.05) is 24.7 Å². The van der Waals surface area contributed by atoms with Crippen LogP contribution in [0, 0.1) is 0 Å². The van der Waals surface area contributed by atoms with Crippen LogP contribution in [0.5, 0.6) is 0 Å². The van der Waals surface area contributed by atoms with Gasteiger partial charge in [-0.3, -0.25) is 0 Å². The fraction of sp³-hybridized carbons (Fsp3) is 0.235. The lowest BCUT2D eigenvalue weighted by Gasteiger charge is -2.16. The van der Waals surface area contributed by atoms with Crippen LogP contribution in [0.1, 0.15) is 28.8 Å². The zero-order valence-electron chi connectivity index (χ0n) is 12.3. The quantitative estimate of drug-likeness (QED) is 0.653. The molecular formula is C17H20N2O2. The van der Waals surface area contributed by atoms with E-state index >= 15 is 0 Å². The van der Waals surface area contributed by atoms with Crippen LogP contribution in [0.25, 0.3) is 0 Å². The minimum Gasteiger partial charge on any atom is -0.465 e. The highest BCUT2D eigenvalue weighted by Gasteiger charge is 2.10. The van der Waals surface area contributed by atoms with Crippen LogP contribution >= 0.6 is 0 Å². The van der Waals surface area contributed by atoms with Crippen molar-refractivity contribution in [1.29, 1.82) is 0 Å². The van der Waals surface area contributed by atoms with Crippen molar-refractivity contribution < 1.29 is 9.53 Å². The molecule has 0 spiro atoms. The molecule has 0 fully saturated rings. The average molecular weight is 284 g/mol. The maximum absolute atomic E-state index is 11.5. The second-order valence-electron chi connectivity index (χ2n) is 4.99. The Morgan fingerprint density at radius 1 is 1.24 bits per heavy atom. The fourth-order valence-electron chi connectivity index (χ4n) is 2.12. The molecule has 0 saturated carbocycles. The Morgan fingerprint density at radius 2 is 1.95 bits per heavy atom. The maximum atomic E-state index is 11.5. The summed E-state index contributed by atoms with van der Waals surface area (Å²) in [5, 5.41) is 3.30. The van der Waals surface area contributed by atoms with Crippen LogP contribution in [0.3, 0.4) is 0 Å². The molecule has 4 heteroatoms. The van der Waals surface area contributed by atoms with Crippen molar-refractivity contribution in [1.82, 2.24) is 0 Å². The monoisotopic (exact) mass is 284 g/mol. The topological polar surface area (TPSA) is 64.3 Å². The van der Waals surface area contributed by atoms with E-state index in [4.69, 9.17) is 10.5 Å². The van der Waals surface area contributed by atoms with Crippen LogP contribution in [0.4, 0.5) is 11.4 Å². The normalized spacial score (nSPS) is 11.7. The van der Waals surface area contributed by atoms with E-state index in [1.807, 2.05) is 18.2 Å². The molecular weight excluding hydrogens is 264 g/mol. The summed E-state index contributed by atoms with van der Waals surface area (Å²) < 4.78 is 4.72. The lowest BCUT2D eigenvalue weighted by Crippen LogP contribution is -2.12. The molecule has 3 N–H and O–H groups in total. The van der Waals surface area contributed by atoms with Gasteiger partial charge in [0, 0.05) is 6.54 Å². The Kier molecular flexibility index (Phi) is 4.82. The number of nitrogens with one attached hydrogen (secondary N) is 1. The van der Waals surface area contributed by atoms with E-state index in [0.29, 0.717) is 17.2 Å². The Labute approximate surface area is 124 Å². The highest BCUT2D eigenvalue weighted by molar-refractivity contribution is 5.91. The molecule has 0 aliphatic heterocycles. The number of ether oxygens (including phenoxy) is 1. The van der Waals surface area contributed by atoms with Gasteiger partial charge in [-0.1, -0.05) is 37.3 Å². The SMILES string of the molecule is COC(=O)c1ccc(N)c(NCC(C)c2ccccc2)c1. The van der Waals surface area contributed by atoms with Gasteiger partial charge in [-0.25, -0.2) is 4.79 Å². The van der Waals surface area contributed by atoms with Crippen molar-refractivity contribution >= 4 is 17.3 Å². The molecule has 0 aliphatic carbocycles. The molecule has 21 heavy (non-hydrogen) atoms. The van der Waals surface area contributed by atoms with Gasteiger partial charge in [-0.05, 0) is 29.7 Å².